The summed E-state index contributed by atoms with van der Waals surface area (Å²) in [5.41, 5.74) is -1.22. The van der Waals surface area contributed by atoms with Crippen molar-refractivity contribution in [2.24, 2.45) is 0 Å². The number of nitrogens with zero attached hydrogens (tertiary/aromatic N) is 1. The lowest BCUT2D eigenvalue weighted by Gasteiger charge is -2.35. The van der Waals surface area contributed by atoms with E-state index in [1.807, 2.05) is 13.8 Å². The van der Waals surface area contributed by atoms with Crippen LogP contribution in [0.1, 0.15) is 26.7 Å². The Hall–Kier alpha value is -1.34. The molecule has 0 aromatic heterocycles. The van der Waals surface area contributed by atoms with Crippen molar-refractivity contribution in [2.45, 2.75) is 38.3 Å². The van der Waals surface area contributed by atoms with Gasteiger partial charge in [0.1, 0.15) is 5.54 Å². The summed E-state index contributed by atoms with van der Waals surface area (Å²) in [4.78, 5) is 24.9. The van der Waals surface area contributed by atoms with E-state index in [1.165, 1.54) is 4.90 Å². The molecular weight excluding hydrogens is 264 g/mol. The van der Waals surface area contributed by atoms with E-state index in [1.54, 1.807) is 7.05 Å². The largest absolute Gasteiger partial charge is 0.480 e. The molecule has 2 N–H and O–H groups in total. The zero-order valence-electron chi connectivity index (χ0n) is 12.3. The van der Waals surface area contributed by atoms with Gasteiger partial charge in [0.05, 0.1) is 12.7 Å². The van der Waals surface area contributed by atoms with Crippen LogP contribution < -0.4 is 5.32 Å². The first-order chi connectivity index (χ1) is 9.37. The summed E-state index contributed by atoms with van der Waals surface area (Å²) in [6, 6.07) is -0.401. The molecule has 7 nitrogen and oxygen atoms in total. The number of rotatable bonds is 6. The fraction of sp³-hybridized carbons (Fsp3) is 0.846. The molecule has 0 radical (unpaired) electrons. The fourth-order valence-electron chi connectivity index (χ4n) is 1.94. The first-order valence-electron chi connectivity index (χ1n) is 6.83. The van der Waals surface area contributed by atoms with E-state index >= 15 is 0 Å². The number of carbonyl (C=O) groups is 2. The molecule has 0 atom stereocenters. The third kappa shape index (κ3) is 4.64. The van der Waals surface area contributed by atoms with Crippen molar-refractivity contribution in [3.05, 3.63) is 0 Å². The van der Waals surface area contributed by atoms with Gasteiger partial charge in [-0.3, -0.25) is 0 Å². The molecule has 0 unspecified atom stereocenters. The average Bonchev–Trinajstić information content (AvgIpc) is 2.39. The minimum atomic E-state index is -1.22. The molecule has 2 amide bonds. The highest BCUT2D eigenvalue weighted by atomic mass is 16.5. The lowest BCUT2D eigenvalue weighted by atomic mass is 9.90. The number of likely N-dealkylation sites (N-methyl/N-ethyl adjacent to an activating group) is 1. The zero-order chi connectivity index (χ0) is 15.2. The van der Waals surface area contributed by atoms with E-state index in [0.717, 1.165) is 0 Å². The third-order valence-electron chi connectivity index (χ3n) is 3.33. The second-order valence-electron chi connectivity index (χ2n) is 5.27. The average molecular weight is 288 g/mol. The summed E-state index contributed by atoms with van der Waals surface area (Å²) >= 11 is 0. The molecule has 1 saturated heterocycles. The van der Waals surface area contributed by atoms with Gasteiger partial charge in [0.2, 0.25) is 0 Å². The van der Waals surface area contributed by atoms with Crippen LogP contribution in [0.25, 0.3) is 0 Å². The molecule has 1 heterocycles. The molecule has 1 rings (SSSR count). The molecule has 1 fully saturated rings. The van der Waals surface area contributed by atoms with Gasteiger partial charge in [-0.25, -0.2) is 9.59 Å². The molecule has 0 spiro atoms. The summed E-state index contributed by atoms with van der Waals surface area (Å²) in [7, 11) is 1.62. The van der Waals surface area contributed by atoms with Gasteiger partial charge < -0.3 is 24.8 Å². The van der Waals surface area contributed by atoms with Crippen molar-refractivity contribution in [3.63, 3.8) is 0 Å². The van der Waals surface area contributed by atoms with Gasteiger partial charge in [-0.1, -0.05) is 0 Å². The van der Waals surface area contributed by atoms with Crippen LogP contribution in [0.4, 0.5) is 4.79 Å². The number of hydrogen-bond acceptors (Lipinski definition) is 4. The highest BCUT2D eigenvalue weighted by Gasteiger charge is 2.42. The van der Waals surface area contributed by atoms with Crippen LogP contribution in [0.15, 0.2) is 0 Å². The molecule has 1 aliphatic rings. The molecule has 116 valence electrons. The van der Waals surface area contributed by atoms with E-state index < -0.39 is 17.5 Å². The van der Waals surface area contributed by atoms with Crippen molar-refractivity contribution in [1.82, 2.24) is 10.2 Å². The van der Waals surface area contributed by atoms with Crippen LogP contribution in [0.3, 0.4) is 0 Å². The summed E-state index contributed by atoms with van der Waals surface area (Å²) < 4.78 is 10.5. The normalized spacial score (nSPS) is 17.8. The maximum absolute atomic E-state index is 12.1. The summed E-state index contributed by atoms with van der Waals surface area (Å²) in [6.07, 6.45) is 0.668. The number of hydrogen-bond donors (Lipinski definition) is 2. The monoisotopic (exact) mass is 288 g/mol. The lowest BCUT2D eigenvalue weighted by molar-refractivity contribution is -0.148. The zero-order valence-corrected chi connectivity index (χ0v) is 12.3. The van der Waals surface area contributed by atoms with Gasteiger partial charge in [-0.15, -0.1) is 0 Å². The van der Waals surface area contributed by atoms with Crippen LogP contribution >= 0.6 is 0 Å². The van der Waals surface area contributed by atoms with E-state index in [9.17, 15) is 14.7 Å². The van der Waals surface area contributed by atoms with Gasteiger partial charge in [0.25, 0.3) is 0 Å². The van der Waals surface area contributed by atoms with Gasteiger partial charge in [-0.05, 0) is 13.8 Å². The standard InChI is InChI=1S/C13H24N2O5/c1-10(2)20-9-6-15(3)12(18)14-13(11(16)17)4-7-19-8-5-13/h10H,4-9H2,1-3H3,(H,14,18)(H,16,17). The number of carbonyl (C=O) groups excluding carboxylic acids is 1. The summed E-state index contributed by atoms with van der Waals surface area (Å²) in [5, 5.41) is 12.0. The topological polar surface area (TPSA) is 88.1 Å². The van der Waals surface area contributed by atoms with Gasteiger partial charge in [-0.2, -0.15) is 0 Å². The Kier molecular flexibility index (Phi) is 6.22. The van der Waals surface area contributed by atoms with E-state index in [-0.39, 0.29) is 18.9 Å². The minimum absolute atomic E-state index is 0.104. The molecule has 0 saturated carbocycles. The van der Waals surface area contributed by atoms with Gasteiger partial charge in [0.15, 0.2) is 0 Å². The van der Waals surface area contributed by atoms with Crippen LogP contribution in [-0.4, -0.2) is 67.1 Å². The van der Waals surface area contributed by atoms with Crippen molar-refractivity contribution >= 4 is 12.0 Å². The Bertz CT molecular complexity index is 340. The summed E-state index contributed by atoms with van der Waals surface area (Å²) in [6.45, 7) is 5.35. The quantitative estimate of drug-likeness (QED) is 0.750. The Balaban J connectivity index is 2.51. The van der Waals surface area contributed by atoms with E-state index in [4.69, 9.17) is 9.47 Å². The number of ether oxygens (including phenoxy) is 2. The number of urea groups is 1. The third-order valence-corrected chi connectivity index (χ3v) is 3.33. The Morgan fingerprint density at radius 3 is 2.50 bits per heavy atom. The van der Waals surface area contributed by atoms with Crippen LogP contribution in [0.2, 0.25) is 0 Å². The predicted octanol–water partition coefficient (Wildman–Crippen LogP) is 0.687. The Labute approximate surface area is 119 Å². The van der Waals surface area contributed by atoms with Crippen LogP contribution in [0, 0.1) is 0 Å². The second kappa shape index (κ2) is 7.44. The first-order valence-corrected chi connectivity index (χ1v) is 6.83. The van der Waals surface area contributed by atoms with Gasteiger partial charge in [0, 0.05) is 39.6 Å². The van der Waals surface area contributed by atoms with Crippen LogP contribution in [0.5, 0.6) is 0 Å². The molecule has 0 aromatic rings. The lowest BCUT2D eigenvalue weighted by Crippen LogP contribution is -2.60. The smallest absolute Gasteiger partial charge is 0.329 e. The molecular formula is C13H24N2O5. The Morgan fingerprint density at radius 2 is 2.00 bits per heavy atom. The maximum Gasteiger partial charge on any atom is 0.329 e. The number of amides is 2. The minimum Gasteiger partial charge on any atom is -0.480 e. The second-order valence-corrected chi connectivity index (χ2v) is 5.27. The van der Waals surface area contributed by atoms with Crippen LogP contribution in [-0.2, 0) is 14.3 Å². The number of aliphatic carboxylic acids is 1. The highest BCUT2D eigenvalue weighted by Crippen LogP contribution is 2.21. The van der Waals surface area contributed by atoms with Crippen molar-refractivity contribution in [3.8, 4) is 0 Å². The predicted molar refractivity (Wildman–Crippen MR) is 72.7 cm³/mol. The van der Waals surface area contributed by atoms with E-state index in [2.05, 4.69) is 5.32 Å². The molecule has 0 aliphatic carbocycles. The van der Waals surface area contributed by atoms with Crippen molar-refractivity contribution in [1.29, 1.82) is 0 Å². The number of carboxylic acid groups (broad SMARTS) is 1. The molecule has 1 aliphatic heterocycles. The highest BCUT2D eigenvalue weighted by molar-refractivity contribution is 5.86. The molecule has 20 heavy (non-hydrogen) atoms. The van der Waals surface area contributed by atoms with Crippen molar-refractivity contribution in [2.75, 3.05) is 33.4 Å². The Morgan fingerprint density at radius 1 is 1.40 bits per heavy atom. The fourth-order valence-corrected chi connectivity index (χ4v) is 1.94. The van der Waals surface area contributed by atoms with Crippen molar-refractivity contribution < 1.29 is 24.2 Å². The molecule has 0 aromatic carbocycles. The maximum atomic E-state index is 12.1. The molecule has 0 bridgehead atoms. The van der Waals surface area contributed by atoms with Gasteiger partial charge >= 0.3 is 12.0 Å². The first kappa shape index (κ1) is 16.7. The van der Waals surface area contributed by atoms with E-state index in [0.29, 0.717) is 26.4 Å². The SMILES string of the molecule is CC(C)OCCN(C)C(=O)NC1(C(=O)O)CCOCC1. The number of nitrogens with one attached hydrogen (secondary N) is 1. The molecule has 7 heteroatoms. The number of carboxylic acids is 1. The summed E-state index contributed by atoms with van der Waals surface area (Å²) in [5.74, 6) is -1.01.